The van der Waals surface area contributed by atoms with Crippen molar-refractivity contribution in [2.75, 3.05) is 0 Å². The van der Waals surface area contributed by atoms with Crippen molar-refractivity contribution in [2.24, 2.45) is 17.3 Å². The van der Waals surface area contributed by atoms with Crippen molar-refractivity contribution in [3.8, 4) is 0 Å². The molecule has 19 heavy (non-hydrogen) atoms. The third kappa shape index (κ3) is 1.63. The molecular weight excluding hydrogens is 244 g/mol. The van der Waals surface area contributed by atoms with Gasteiger partial charge in [0.05, 0.1) is 12.2 Å². The zero-order chi connectivity index (χ0) is 13.9. The van der Waals surface area contributed by atoms with Gasteiger partial charge in [0.2, 0.25) is 0 Å². The minimum Gasteiger partial charge on any atom is -0.458 e. The maximum Gasteiger partial charge on any atom is 0.334 e. The number of esters is 1. The van der Waals surface area contributed by atoms with E-state index in [-0.39, 0.29) is 29.3 Å². The summed E-state index contributed by atoms with van der Waals surface area (Å²) < 4.78 is 5.36. The molecule has 0 aromatic heterocycles. The van der Waals surface area contributed by atoms with Crippen LogP contribution in [-0.4, -0.2) is 34.5 Å². The van der Waals surface area contributed by atoms with Crippen LogP contribution < -0.4 is 0 Å². The number of fused-ring (bicyclic) bond motifs is 2. The van der Waals surface area contributed by atoms with E-state index in [1.54, 1.807) is 0 Å². The molecule has 4 heteroatoms. The standard InChI is InChI=1S/C15H20O4/c1-7-9-4-10-8(2)11(16)5-13(17)15(10,3)6-12(9)19-14(7)18/h9-13,16-17H,1-2,4-6H2,3H3/t9-,10+,11-,12+,13+,15-/m0/s1. The molecule has 1 saturated heterocycles. The van der Waals surface area contributed by atoms with E-state index < -0.39 is 12.2 Å². The fourth-order valence-electron chi connectivity index (χ4n) is 4.06. The van der Waals surface area contributed by atoms with Crippen molar-refractivity contribution in [3.05, 3.63) is 24.3 Å². The molecule has 0 aromatic carbocycles. The van der Waals surface area contributed by atoms with E-state index in [0.29, 0.717) is 24.8 Å². The summed E-state index contributed by atoms with van der Waals surface area (Å²) in [5.41, 5.74) is 0.926. The van der Waals surface area contributed by atoms with Crippen LogP contribution in [0, 0.1) is 17.3 Å². The van der Waals surface area contributed by atoms with Gasteiger partial charge in [-0.2, -0.15) is 0 Å². The predicted molar refractivity (Wildman–Crippen MR) is 69.1 cm³/mol. The number of aliphatic hydroxyl groups excluding tert-OH is 2. The van der Waals surface area contributed by atoms with Crippen molar-refractivity contribution >= 4 is 5.97 Å². The SMILES string of the molecule is C=C1[C@H]2C[C@H]3C(=C)C(=O)O[C@@H]3C[C@]2(C)[C@H](O)C[C@@H]1O. The van der Waals surface area contributed by atoms with E-state index in [1.807, 2.05) is 6.92 Å². The number of ether oxygens (including phenoxy) is 1. The van der Waals surface area contributed by atoms with Crippen LogP contribution in [-0.2, 0) is 9.53 Å². The number of hydrogen-bond acceptors (Lipinski definition) is 4. The first kappa shape index (κ1) is 12.9. The predicted octanol–water partition coefficient (Wildman–Crippen LogP) is 1.18. The monoisotopic (exact) mass is 264 g/mol. The molecule has 1 heterocycles. The summed E-state index contributed by atoms with van der Waals surface area (Å²) in [4.78, 5) is 11.6. The fraction of sp³-hybridized carbons (Fsp3) is 0.667. The molecule has 2 N–H and O–H groups in total. The van der Waals surface area contributed by atoms with Crippen LogP contribution in [0.1, 0.15) is 26.2 Å². The van der Waals surface area contributed by atoms with Gasteiger partial charge >= 0.3 is 5.97 Å². The van der Waals surface area contributed by atoms with Crippen LogP contribution in [0.15, 0.2) is 24.3 Å². The van der Waals surface area contributed by atoms with Gasteiger partial charge in [0.15, 0.2) is 0 Å². The number of carbonyl (C=O) groups excluding carboxylic acids is 1. The molecule has 1 aliphatic heterocycles. The van der Waals surface area contributed by atoms with Crippen LogP contribution >= 0.6 is 0 Å². The molecule has 0 unspecified atom stereocenters. The molecule has 3 rings (SSSR count). The Morgan fingerprint density at radius 3 is 2.68 bits per heavy atom. The van der Waals surface area contributed by atoms with Crippen molar-refractivity contribution in [1.82, 2.24) is 0 Å². The largest absolute Gasteiger partial charge is 0.458 e. The Kier molecular flexibility index (Phi) is 2.67. The van der Waals surface area contributed by atoms with E-state index in [1.165, 1.54) is 0 Å². The molecule has 2 saturated carbocycles. The lowest BCUT2D eigenvalue weighted by Crippen LogP contribution is -2.54. The van der Waals surface area contributed by atoms with Gasteiger partial charge in [0.25, 0.3) is 0 Å². The molecule has 0 amide bonds. The van der Waals surface area contributed by atoms with E-state index >= 15 is 0 Å². The van der Waals surface area contributed by atoms with Gasteiger partial charge in [0.1, 0.15) is 6.10 Å². The van der Waals surface area contributed by atoms with Gasteiger partial charge in [-0.1, -0.05) is 20.1 Å². The summed E-state index contributed by atoms with van der Waals surface area (Å²) >= 11 is 0. The average molecular weight is 264 g/mol. The molecule has 2 aliphatic carbocycles. The zero-order valence-electron chi connectivity index (χ0n) is 11.1. The number of carbonyl (C=O) groups is 1. The van der Waals surface area contributed by atoms with Crippen LogP contribution in [0.2, 0.25) is 0 Å². The van der Waals surface area contributed by atoms with Gasteiger partial charge in [-0.25, -0.2) is 4.79 Å². The smallest absolute Gasteiger partial charge is 0.334 e. The molecule has 3 aliphatic rings. The van der Waals surface area contributed by atoms with Crippen molar-refractivity contribution in [3.63, 3.8) is 0 Å². The average Bonchev–Trinajstić information content (AvgIpc) is 2.61. The Hall–Kier alpha value is -1.13. The topological polar surface area (TPSA) is 66.8 Å². The second-order valence-corrected chi connectivity index (χ2v) is 6.42. The first-order valence-electron chi connectivity index (χ1n) is 6.79. The highest BCUT2D eigenvalue weighted by Crippen LogP contribution is 2.56. The molecule has 6 atom stereocenters. The van der Waals surface area contributed by atoms with E-state index in [9.17, 15) is 15.0 Å². The minimum atomic E-state index is -0.657. The van der Waals surface area contributed by atoms with Crippen LogP contribution in [0.3, 0.4) is 0 Å². The normalized spacial score (nSPS) is 49.6. The Labute approximate surface area is 112 Å². The molecule has 3 fully saturated rings. The Morgan fingerprint density at radius 2 is 2.00 bits per heavy atom. The zero-order valence-corrected chi connectivity index (χ0v) is 11.1. The molecule has 0 bridgehead atoms. The van der Waals surface area contributed by atoms with Crippen molar-refractivity contribution < 1.29 is 19.7 Å². The lowest BCUT2D eigenvalue weighted by molar-refractivity contribution is -0.148. The first-order chi connectivity index (χ1) is 8.84. The van der Waals surface area contributed by atoms with Gasteiger partial charge in [-0.3, -0.25) is 0 Å². The van der Waals surface area contributed by atoms with Crippen LogP contribution in [0.5, 0.6) is 0 Å². The molecule has 0 radical (unpaired) electrons. The highest BCUT2D eigenvalue weighted by molar-refractivity contribution is 5.90. The summed E-state index contributed by atoms with van der Waals surface area (Å²) in [5.74, 6) is -0.309. The van der Waals surface area contributed by atoms with Crippen LogP contribution in [0.25, 0.3) is 0 Å². The second-order valence-electron chi connectivity index (χ2n) is 6.42. The van der Waals surface area contributed by atoms with E-state index in [2.05, 4.69) is 13.2 Å². The summed E-state index contributed by atoms with van der Waals surface area (Å²) in [7, 11) is 0. The molecule has 104 valence electrons. The highest BCUT2D eigenvalue weighted by Gasteiger charge is 2.57. The summed E-state index contributed by atoms with van der Waals surface area (Å²) in [6, 6.07) is 0. The molecule has 0 spiro atoms. The summed E-state index contributed by atoms with van der Waals surface area (Å²) in [6.07, 6.45) is 0.179. The molecule has 0 aromatic rings. The molecule has 4 nitrogen and oxygen atoms in total. The lowest BCUT2D eigenvalue weighted by Gasteiger charge is -2.53. The third-order valence-corrected chi connectivity index (χ3v) is 5.43. The fourth-order valence-corrected chi connectivity index (χ4v) is 4.06. The van der Waals surface area contributed by atoms with Gasteiger partial charge in [-0.05, 0) is 24.3 Å². The lowest BCUT2D eigenvalue weighted by atomic mass is 9.54. The Morgan fingerprint density at radius 1 is 1.32 bits per heavy atom. The number of rotatable bonds is 0. The van der Waals surface area contributed by atoms with Crippen LogP contribution in [0.4, 0.5) is 0 Å². The highest BCUT2D eigenvalue weighted by atomic mass is 16.6. The van der Waals surface area contributed by atoms with Crippen molar-refractivity contribution in [2.45, 2.75) is 44.5 Å². The maximum atomic E-state index is 11.6. The number of aliphatic hydroxyl groups is 2. The number of hydrogen-bond donors (Lipinski definition) is 2. The quantitative estimate of drug-likeness (QED) is 0.392. The Bertz CT molecular complexity index is 469. The van der Waals surface area contributed by atoms with Crippen molar-refractivity contribution in [1.29, 1.82) is 0 Å². The first-order valence-corrected chi connectivity index (χ1v) is 6.79. The summed E-state index contributed by atoms with van der Waals surface area (Å²) in [5, 5.41) is 20.3. The van der Waals surface area contributed by atoms with E-state index in [0.717, 1.165) is 5.57 Å². The molecular formula is C15H20O4. The summed E-state index contributed by atoms with van der Waals surface area (Å²) in [6.45, 7) is 9.82. The van der Waals surface area contributed by atoms with Gasteiger partial charge < -0.3 is 14.9 Å². The second kappa shape index (κ2) is 3.93. The minimum absolute atomic E-state index is 0.000162. The van der Waals surface area contributed by atoms with Gasteiger partial charge in [0, 0.05) is 23.3 Å². The van der Waals surface area contributed by atoms with Gasteiger partial charge in [-0.15, -0.1) is 0 Å². The Balaban J connectivity index is 1.95. The maximum absolute atomic E-state index is 11.6. The third-order valence-electron chi connectivity index (χ3n) is 5.43. The van der Waals surface area contributed by atoms with E-state index in [4.69, 9.17) is 4.74 Å².